The first-order valence-corrected chi connectivity index (χ1v) is 10.6. The maximum atomic E-state index is 13.3. The van der Waals surface area contributed by atoms with Crippen molar-refractivity contribution >= 4 is 38.9 Å². The van der Waals surface area contributed by atoms with Crippen LogP contribution in [0.2, 0.25) is 5.02 Å². The lowest BCUT2D eigenvalue weighted by atomic mass is 10.3. The van der Waals surface area contributed by atoms with Crippen LogP contribution < -0.4 is 14.4 Å². The second-order valence-electron chi connectivity index (χ2n) is 6.20. The molecule has 0 radical (unpaired) electrons. The molecule has 6 nitrogen and oxygen atoms in total. The number of carbonyl (C=O) groups is 1. The van der Waals surface area contributed by atoms with Crippen LogP contribution in [0.5, 0.6) is 5.75 Å². The van der Waals surface area contributed by atoms with Crippen LogP contribution in [0.1, 0.15) is 0 Å². The standard InChI is InChI=1S/C21H18ClFN2O4S/c1-29-20-8-3-2-7-19(20)25(30(27,28)18-11-9-16(23)10-12-18)14-21(26)24-17-6-4-5-15(22)13-17/h2-13H,14H2,1H3,(H,24,26). The topological polar surface area (TPSA) is 75.7 Å². The van der Waals surface area contributed by atoms with E-state index < -0.39 is 28.3 Å². The highest BCUT2D eigenvalue weighted by molar-refractivity contribution is 7.92. The number of sulfonamides is 1. The summed E-state index contributed by atoms with van der Waals surface area (Å²) in [5, 5.41) is 3.05. The summed E-state index contributed by atoms with van der Waals surface area (Å²) in [5.74, 6) is -0.899. The Morgan fingerprint density at radius 1 is 1.07 bits per heavy atom. The predicted octanol–water partition coefficient (Wildman–Crippen LogP) is 4.32. The van der Waals surface area contributed by atoms with Crippen molar-refractivity contribution in [2.45, 2.75) is 4.90 Å². The SMILES string of the molecule is COc1ccccc1N(CC(=O)Nc1cccc(Cl)c1)S(=O)(=O)c1ccc(F)cc1. The smallest absolute Gasteiger partial charge is 0.264 e. The Balaban J connectivity index is 1.99. The molecule has 3 rings (SSSR count). The Morgan fingerprint density at radius 3 is 2.43 bits per heavy atom. The van der Waals surface area contributed by atoms with Gasteiger partial charge in [-0.3, -0.25) is 9.10 Å². The third-order valence-corrected chi connectivity index (χ3v) is 6.16. The van der Waals surface area contributed by atoms with E-state index in [2.05, 4.69) is 5.32 Å². The van der Waals surface area contributed by atoms with Gasteiger partial charge in [-0.25, -0.2) is 12.8 Å². The van der Waals surface area contributed by atoms with Crippen molar-refractivity contribution in [3.8, 4) is 5.75 Å². The van der Waals surface area contributed by atoms with Gasteiger partial charge in [0.25, 0.3) is 10.0 Å². The molecule has 0 heterocycles. The number of carbonyl (C=O) groups excluding carboxylic acids is 1. The molecule has 0 spiro atoms. The van der Waals surface area contributed by atoms with Crippen LogP contribution in [-0.4, -0.2) is 28.0 Å². The summed E-state index contributed by atoms with van der Waals surface area (Å²) in [7, 11) is -2.80. The zero-order valence-electron chi connectivity index (χ0n) is 15.9. The lowest BCUT2D eigenvalue weighted by Crippen LogP contribution is -2.38. The van der Waals surface area contributed by atoms with Crippen LogP contribution >= 0.6 is 11.6 Å². The van der Waals surface area contributed by atoms with Gasteiger partial charge in [0.15, 0.2) is 0 Å². The first-order valence-electron chi connectivity index (χ1n) is 8.78. The molecular weight excluding hydrogens is 431 g/mol. The first kappa shape index (κ1) is 21.6. The third-order valence-electron chi connectivity index (χ3n) is 4.15. The van der Waals surface area contributed by atoms with Gasteiger partial charge in [0.2, 0.25) is 5.91 Å². The largest absolute Gasteiger partial charge is 0.495 e. The molecule has 0 aliphatic carbocycles. The van der Waals surface area contributed by atoms with E-state index in [4.69, 9.17) is 16.3 Å². The number of anilines is 2. The van der Waals surface area contributed by atoms with E-state index in [1.807, 2.05) is 0 Å². The number of amides is 1. The van der Waals surface area contributed by atoms with E-state index in [0.717, 1.165) is 28.6 Å². The number of rotatable bonds is 7. The molecule has 1 N–H and O–H groups in total. The van der Waals surface area contributed by atoms with Crippen molar-refractivity contribution in [3.05, 3.63) is 83.6 Å². The Hall–Kier alpha value is -3.10. The molecule has 1 amide bonds. The average Bonchev–Trinajstić information content (AvgIpc) is 2.72. The molecule has 3 aromatic rings. The second kappa shape index (κ2) is 9.15. The van der Waals surface area contributed by atoms with E-state index in [9.17, 15) is 17.6 Å². The van der Waals surface area contributed by atoms with E-state index >= 15 is 0 Å². The molecule has 156 valence electrons. The van der Waals surface area contributed by atoms with Crippen molar-refractivity contribution < 1.29 is 22.3 Å². The fourth-order valence-electron chi connectivity index (χ4n) is 2.77. The summed E-state index contributed by atoms with van der Waals surface area (Å²) in [5.41, 5.74) is 0.595. The quantitative estimate of drug-likeness (QED) is 0.584. The molecule has 0 fully saturated rings. The van der Waals surface area contributed by atoms with Gasteiger partial charge >= 0.3 is 0 Å². The van der Waals surface area contributed by atoms with E-state index in [0.29, 0.717) is 10.7 Å². The van der Waals surface area contributed by atoms with Gasteiger partial charge < -0.3 is 10.1 Å². The number of ether oxygens (including phenoxy) is 1. The maximum Gasteiger partial charge on any atom is 0.264 e. The Bertz CT molecular complexity index is 1150. The van der Waals surface area contributed by atoms with Gasteiger partial charge in [-0.15, -0.1) is 0 Å². The molecule has 0 unspecified atom stereocenters. The van der Waals surface area contributed by atoms with Gasteiger partial charge in [-0.1, -0.05) is 29.8 Å². The van der Waals surface area contributed by atoms with Crippen LogP contribution in [0.25, 0.3) is 0 Å². The monoisotopic (exact) mass is 448 g/mol. The molecule has 0 atom stereocenters. The highest BCUT2D eigenvalue weighted by atomic mass is 35.5. The highest BCUT2D eigenvalue weighted by Gasteiger charge is 2.29. The summed E-state index contributed by atoms with van der Waals surface area (Å²) >= 11 is 5.93. The molecular formula is C21H18ClFN2O4S. The molecule has 0 aliphatic heterocycles. The van der Waals surface area contributed by atoms with Gasteiger partial charge in [-0.2, -0.15) is 0 Å². The summed E-state index contributed by atoms with van der Waals surface area (Å²) in [6, 6.07) is 17.2. The number of hydrogen-bond acceptors (Lipinski definition) is 4. The van der Waals surface area contributed by atoms with Gasteiger partial charge in [0, 0.05) is 10.7 Å². The molecule has 0 saturated carbocycles. The summed E-state index contributed by atoms with van der Waals surface area (Å²) in [4.78, 5) is 12.5. The van der Waals surface area contributed by atoms with Crippen LogP contribution in [0, 0.1) is 5.82 Å². The lowest BCUT2D eigenvalue weighted by Gasteiger charge is -2.25. The minimum Gasteiger partial charge on any atom is -0.495 e. The second-order valence-corrected chi connectivity index (χ2v) is 8.49. The minimum atomic E-state index is -4.20. The van der Waals surface area contributed by atoms with Crippen molar-refractivity contribution in [2.24, 2.45) is 0 Å². The first-order chi connectivity index (χ1) is 14.3. The molecule has 30 heavy (non-hydrogen) atoms. The van der Waals surface area contributed by atoms with Crippen LogP contribution in [0.15, 0.2) is 77.7 Å². The molecule has 0 aromatic heterocycles. The summed E-state index contributed by atoms with van der Waals surface area (Å²) in [6.07, 6.45) is 0. The van der Waals surface area contributed by atoms with Crippen molar-refractivity contribution in [3.63, 3.8) is 0 Å². The third kappa shape index (κ3) is 4.90. The van der Waals surface area contributed by atoms with Crippen LogP contribution in [-0.2, 0) is 14.8 Å². The number of nitrogens with one attached hydrogen (secondary N) is 1. The van der Waals surface area contributed by atoms with Crippen molar-refractivity contribution in [1.82, 2.24) is 0 Å². The van der Waals surface area contributed by atoms with Crippen molar-refractivity contribution in [2.75, 3.05) is 23.3 Å². The lowest BCUT2D eigenvalue weighted by molar-refractivity contribution is -0.114. The molecule has 3 aromatic carbocycles. The molecule has 0 aliphatic rings. The number of methoxy groups -OCH3 is 1. The van der Waals surface area contributed by atoms with Crippen LogP contribution in [0.3, 0.4) is 0 Å². The van der Waals surface area contributed by atoms with Gasteiger partial charge in [0.05, 0.1) is 17.7 Å². The van der Waals surface area contributed by atoms with E-state index in [1.54, 1.807) is 42.5 Å². The normalized spacial score (nSPS) is 11.0. The van der Waals surface area contributed by atoms with Gasteiger partial charge in [-0.05, 0) is 54.6 Å². The summed E-state index contributed by atoms with van der Waals surface area (Å²) < 4.78 is 46.1. The average molecular weight is 449 g/mol. The zero-order valence-corrected chi connectivity index (χ0v) is 17.5. The Morgan fingerprint density at radius 2 is 1.77 bits per heavy atom. The maximum absolute atomic E-state index is 13.3. The number of hydrogen-bond donors (Lipinski definition) is 1. The van der Waals surface area contributed by atoms with Crippen molar-refractivity contribution in [1.29, 1.82) is 0 Å². The summed E-state index contributed by atoms with van der Waals surface area (Å²) in [6.45, 7) is -0.535. The Kier molecular flexibility index (Phi) is 6.59. The number of halogens is 2. The fraction of sp³-hybridized carbons (Fsp3) is 0.0952. The zero-order chi connectivity index (χ0) is 21.7. The number of benzene rings is 3. The van der Waals surface area contributed by atoms with Crippen LogP contribution in [0.4, 0.5) is 15.8 Å². The number of nitrogens with zero attached hydrogens (tertiary/aromatic N) is 1. The minimum absolute atomic E-state index is 0.162. The predicted molar refractivity (Wildman–Crippen MR) is 114 cm³/mol. The number of para-hydroxylation sites is 2. The molecule has 0 bridgehead atoms. The van der Waals surface area contributed by atoms with E-state index in [1.165, 1.54) is 13.2 Å². The Labute approximate surface area is 178 Å². The fourth-order valence-corrected chi connectivity index (χ4v) is 4.39. The van der Waals surface area contributed by atoms with E-state index in [-0.39, 0.29) is 16.3 Å². The molecule has 9 heteroatoms. The highest BCUT2D eigenvalue weighted by Crippen LogP contribution is 2.32. The molecule has 0 saturated heterocycles. The van der Waals surface area contributed by atoms with Gasteiger partial charge in [0.1, 0.15) is 18.1 Å².